The molecule has 0 spiro atoms. The average Bonchev–Trinajstić information content (AvgIpc) is 3.34. The minimum Gasteiger partial charge on any atom is -0.452 e. The van der Waals surface area contributed by atoms with Gasteiger partial charge in [-0.3, -0.25) is 9.59 Å². The van der Waals surface area contributed by atoms with Gasteiger partial charge >= 0.3 is 5.97 Å². The molecule has 1 aliphatic rings. The summed E-state index contributed by atoms with van der Waals surface area (Å²) in [5, 5.41) is 3.35. The number of likely N-dealkylation sites (N-methyl/N-ethyl adjacent to an activating group) is 1. The Morgan fingerprint density at radius 1 is 1.38 bits per heavy atom. The van der Waals surface area contributed by atoms with Gasteiger partial charge in [-0.25, -0.2) is 4.79 Å². The van der Waals surface area contributed by atoms with E-state index in [0.717, 1.165) is 18.4 Å². The highest BCUT2D eigenvalue weighted by Crippen LogP contribution is 2.18. The van der Waals surface area contributed by atoms with E-state index in [1.54, 1.807) is 30.3 Å². The van der Waals surface area contributed by atoms with Crippen LogP contribution in [-0.2, 0) is 19.1 Å². The highest BCUT2D eigenvalue weighted by Gasteiger charge is 2.24. The molecule has 128 valence electrons. The zero-order valence-electron chi connectivity index (χ0n) is 13.3. The molecule has 0 aromatic heterocycles. The predicted molar refractivity (Wildman–Crippen MR) is 90.2 cm³/mol. The van der Waals surface area contributed by atoms with Crippen LogP contribution in [0, 0.1) is 0 Å². The molecular weight excluding hydrogens is 332 g/mol. The Labute approximate surface area is 145 Å². The van der Waals surface area contributed by atoms with Crippen LogP contribution in [0.15, 0.2) is 30.3 Å². The molecule has 0 aliphatic heterocycles. The average molecular weight is 351 g/mol. The lowest BCUT2D eigenvalue weighted by Gasteiger charge is -2.16. The number of amides is 2. The van der Waals surface area contributed by atoms with E-state index in [-0.39, 0.29) is 18.5 Å². The Bertz CT molecular complexity index is 656. The van der Waals surface area contributed by atoms with Crippen molar-refractivity contribution in [2.24, 2.45) is 0 Å². The standard InChI is InChI=1S/C17H19ClN2O4/c1-20(10-15(21)19-14-6-7-14)16(22)11-24-17(23)8-5-12-3-2-4-13(18)9-12/h2-5,8-9,14H,6-7,10-11H2,1H3,(H,19,21)/b8-5+. The predicted octanol–water partition coefficient (Wildman–Crippen LogP) is 1.63. The van der Waals surface area contributed by atoms with Gasteiger partial charge in [0.15, 0.2) is 6.61 Å². The number of nitrogens with zero attached hydrogens (tertiary/aromatic N) is 1. The maximum Gasteiger partial charge on any atom is 0.331 e. The van der Waals surface area contributed by atoms with Crippen molar-refractivity contribution in [3.05, 3.63) is 40.9 Å². The second-order valence-electron chi connectivity index (χ2n) is 5.59. The first-order valence-electron chi connectivity index (χ1n) is 7.58. The summed E-state index contributed by atoms with van der Waals surface area (Å²) in [5.41, 5.74) is 0.750. The molecule has 1 aromatic carbocycles. The summed E-state index contributed by atoms with van der Waals surface area (Å²) in [4.78, 5) is 36.3. The molecule has 0 atom stereocenters. The summed E-state index contributed by atoms with van der Waals surface area (Å²) >= 11 is 5.84. The highest BCUT2D eigenvalue weighted by atomic mass is 35.5. The van der Waals surface area contributed by atoms with Crippen molar-refractivity contribution in [2.75, 3.05) is 20.2 Å². The molecule has 2 rings (SSSR count). The number of halogens is 1. The number of nitrogens with one attached hydrogen (secondary N) is 1. The molecule has 0 saturated heterocycles. The van der Waals surface area contributed by atoms with Crippen LogP contribution >= 0.6 is 11.6 Å². The maximum absolute atomic E-state index is 11.8. The Hall–Kier alpha value is -2.34. The molecule has 1 aromatic rings. The molecule has 24 heavy (non-hydrogen) atoms. The van der Waals surface area contributed by atoms with Crippen LogP contribution in [0.4, 0.5) is 0 Å². The molecule has 2 amide bonds. The van der Waals surface area contributed by atoms with Gasteiger partial charge in [-0.2, -0.15) is 0 Å². The molecule has 1 fully saturated rings. The summed E-state index contributed by atoms with van der Waals surface area (Å²) in [6.07, 6.45) is 4.74. The van der Waals surface area contributed by atoms with Gasteiger partial charge in [0.2, 0.25) is 5.91 Å². The van der Waals surface area contributed by atoms with Crippen molar-refractivity contribution < 1.29 is 19.1 Å². The first-order valence-corrected chi connectivity index (χ1v) is 7.95. The van der Waals surface area contributed by atoms with Crippen molar-refractivity contribution in [3.63, 3.8) is 0 Å². The number of carbonyl (C=O) groups is 3. The van der Waals surface area contributed by atoms with Crippen LogP contribution in [0.25, 0.3) is 6.08 Å². The molecular formula is C17H19ClN2O4. The van der Waals surface area contributed by atoms with Crippen LogP contribution in [-0.4, -0.2) is 48.9 Å². The van der Waals surface area contributed by atoms with E-state index in [2.05, 4.69) is 5.32 Å². The number of rotatable bonds is 7. The monoisotopic (exact) mass is 350 g/mol. The fraction of sp³-hybridized carbons (Fsp3) is 0.353. The molecule has 0 unspecified atom stereocenters. The van der Waals surface area contributed by atoms with Crippen molar-refractivity contribution in [1.82, 2.24) is 10.2 Å². The lowest BCUT2D eigenvalue weighted by molar-refractivity contribution is -0.148. The highest BCUT2D eigenvalue weighted by molar-refractivity contribution is 6.30. The van der Waals surface area contributed by atoms with Crippen LogP contribution in [0.1, 0.15) is 18.4 Å². The van der Waals surface area contributed by atoms with E-state index in [1.807, 2.05) is 0 Å². The Balaban J connectivity index is 1.71. The van der Waals surface area contributed by atoms with Gasteiger partial charge in [0.25, 0.3) is 5.91 Å². The fourth-order valence-electron chi connectivity index (χ4n) is 1.87. The van der Waals surface area contributed by atoms with E-state index in [1.165, 1.54) is 18.0 Å². The number of ether oxygens (including phenoxy) is 1. The third kappa shape index (κ3) is 6.42. The quantitative estimate of drug-likeness (QED) is 0.599. The summed E-state index contributed by atoms with van der Waals surface area (Å²) in [7, 11) is 1.49. The Kier molecular flexibility index (Phi) is 6.37. The maximum atomic E-state index is 11.8. The summed E-state index contributed by atoms with van der Waals surface area (Å²) in [6, 6.07) is 7.22. The van der Waals surface area contributed by atoms with Crippen LogP contribution in [0.3, 0.4) is 0 Å². The lowest BCUT2D eigenvalue weighted by atomic mass is 10.2. The van der Waals surface area contributed by atoms with E-state index in [9.17, 15) is 14.4 Å². The van der Waals surface area contributed by atoms with Crippen LogP contribution < -0.4 is 5.32 Å². The van der Waals surface area contributed by atoms with Crippen LogP contribution in [0.5, 0.6) is 0 Å². The number of hydrogen-bond donors (Lipinski definition) is 1. The first-order chi connectivity index (χ1) is 11.4. The topological polar surface area (TPSA) is 75.7 Å². The molecule has 0 heterocycles. The van der Waals surface area contributed by atoms with E-state index in [0.29, 0.717) is 5.02 Å². The van der Waals surface area contributed by atoms with Crippen LogP contribution in [0.2, 0.25) is 5.02 Å². The summed E-state index contributed by atoms with van der Waals surface area (Å²) in [6.45, 7) is -0.461. The van der Waals surface area contributed by atoms with Crippen molar-refractivity contribution in [1.29, 1.82) is 0 Å². The second-order valence-corrected chi connectivity index (χ2v) is 6.02. The largest absolute Gasteiger partial charge is 0.452 e. The van der Waals surface area contributed by atoms with E-state index < -0.39 is 18.5 Å². The van der Waals surface area contributed by atoms with Gasteiger partial charge in [0, 0.05) is 24.2 Å². The molecule has 7 heteroatoms. The molecule has 0 bridgehead atoms. The minimum absolute atomic E-state index is 0.0504. The number of hydrogen-bond acceptors (Lipinski definition) is 4. The molecule has 0 radical (unpaired) electrons. The minimum atomic E-state index is -0.640. The van der Waals surface area contributed by atoms with Gasteiger partial charge in [-0.1, -0.05) is 23.7 Å². The van der Waals surface area contributed by atoms with Gasteiger partial charge in [0.1, 0.15) is 0 Å². The summed E-state index contributed by atoms with van der Waals surface area (Å²) in [5.74, 6) is -1.29. The Morgan fingerprint density at radius 3 is 2.79 bits per heavy atom. The van der Waals surface area contributed by atoms with Gasteiger partial charge < -0.3 is 15.0 Å². The van der Waals surface area contributed by atoms with Crippen molar-refractivity contribution >= 4 is 35.5 Å². The zero-order chi connectivity index (χ0) is 17.5. The summed E-state index contributed by atoms with van der Waals surface area (Å²) < 4.78 is 4.87. The number of esters is 1. The van der Waals surface area contributed by atoms with Gasteiger partial charge in [-0.15, -0.1) is 0 Å². The Morgan fingerprint density at radius 2 is 2.12 bits per heavy atom. The number of carbonyl (C=O) groups excluding carboxylic acids is 3. The smallest absolute Gasteiger partial charge is 0.331 e. The molecule has 1 N–H and O–H groups in total. The first kappa shape index (κ1) is 18.0. The second kappa shape index (κ2) is 8.49. The normalized spacial score (nSPS) is 13.6. The number of benzene rings is 1. The van der Waals surface area contributed by atoms with E-state index >= 15 is 0 Å². The zero-order valence-corrected chi connectivity index (χ0v) is 14.1. The van der Waals surface area contributed by atoms with Crippen molar-refractivity contribution in [2.45, 2.75) is 18.9 Å². The van der Waals surface area contributed by atoms with E-state index in [4.69, 9.17) is 16.3 Å². The van der Waals surface area contributed by atoms with Crippen molar-refractivity contribution in [3.8, 4) is 0 Å². The molecule has 1 saturated carbocycles. The van der Waals surface area contributed by atoms with Gasteiger partial charge in [0.05, 0.1) is 6.54 Å². The molecule has 6 nitrogen and oxygen atoms in total. The molecule has 1 aliphatic carbocycles. The third-order valence-corrected chi connectivity index (χ3v) is 3.58. The lowest BCUT2D eigenvalue weighted by Crippen LogP contribution is -2.40. The third-order valence-electron chi connectivity index (χ3n) is 3.35. The SMILES string of the molecule is CN(CC(=O)NC1CC1)C(=O)COC(=O)/C=C/c1cccc(Cl)c1. The van der Waals surface area contributed by atoms with Gasteiger partial charge in [-0.05, 0) is 36.6 Å². The fourth-order valence-corrected chi connectivity index (χ4v) is 2.07.